The minimum absolute atomic E-state index is 0.0580. The third-order valence-corrected chi connectivity index (χ3v) is 3.71. The average Bonchev–Trinajstić information content (AvgIpc) is 2.25. The van der Waals surface area contributed by atoms with Gasteiger partial charge in [-0.15, -0.1) is 0 Å². The first-order chi connectivity index (χ1) is 8.09. The summed E-state index contributed by atoms with van der Waals surface area (Å²) in [7, 11) is 0. The van der Waals surface area contributed by atoms with Crippen molar-refractivity contribution in [3.63, 3.8) is 0 Å². The molecule has 0 aliphatic carbocycles. The van der Waals surface area contributed by atoms with Crippen molar-refractivity contribution < 1.29 is 9.59 Å². The molecule has 2 amide bonds. The van der Waals surface area contributed by atoms with Crippen molar-refractivity contribution in [3.05, 3.63) is 11.1 Å². The molecule has 0 radical (unpaired) electrons. The Balaban J connectivity index is 1.92. The molecule has 2 aliphatic heterocycles. The van der Waals surface area contributed by atoms with Crippen molar-refractivity contribution in [3.8, 4) is 0 Å². The molecule has 0 bridgehead atoms. The number of amides is 2. The molecule has 2 rings (SSSR count). The van der Waals surface area contributed by atoms with Gasteiger partial charge < -0.3 is 16.0 Å². The van der Waals surface area contributed by atoms with Gasteiger partial charge in [0.25, 0.3) is 0 Å². The molecule has 0 aromatic rings. The summed E-state index contributed by atoms with van der Waals surface area (Å²) >= 11 is 0. The van der Waals surface area contributed by atoms with E-state index in [1.807, 2.05) is 11.8 Å². The minimum Gasteiger partial charge on any atom is -0.369 e. The first kappa shape index (κ1) is 12.1. The molecule has 2 aliphatic rings. The molecule has 0 aromatic carbocycles. The highest BCUT2D eigenvalue weighted by Gasteiger charge is 2.27. The van der Waals surface area contributed by atoms with E-state index in [0.717, 1.165) is 18.7 Å². The average molecular weight is 237 g/mol. The highest BCUT2D eigenvalue weighted by Crippen LogP contribution is 2.19. The van der Waals surface area contributed by atoms with Crippen LogP contribution >= 0.6 is 0 Å². The second kappa shape index (κ2) is 4.87. The van der Waals surface area contributed by atoms with Gasteiger partial charge in [0.05, 0.1) is 0 Å². The molecule has 2 fully saturated rings. The summed E-state index contributed by atoms with van der Waals surface area (Å²) in [5.74, 6) is -0.183. The molecule has 3 N–H and O–H groups in total. The maximum absolute atomic E-state index is 12.1. The summed E-state index contributed by atoms with van der Waals surface area (Å²) in [4.78, 5) is 25.0. The van der Waals surface area contributed by atoms with Gasteiger partial charge in [-0.2, -0.15) is 0 Å². The molecule has 2 saturated heterocycles. The molecular weight excluding hydrogens is 218 g/mol. The number of nitrogens with one attached hydrogen (secondary N) is 1. The fraction of sp³-hybridized carbons (Fsp3) is 0.667. The number of nitrogens with zero attached hydrogens (tertiary/aromatic N) is 1. The van der Waals surface area contributed by atoms with E-state index in [4.69, 9.17) is 5.73 Å². The van der Waals surface area contributed by atoms with Crippen molar-refractivity contribution in [1.29, 1.82) is 0 Å². The first-order valence-corrected chi connectivity index (χ1v) is 6.07. The lowest BCUT2D eigenvalue weighted by atomic mass is 9.95. The van der Waals surface area contributed by atoms with E-state index in [1.165, 1.54) is 5.57 Å². The topological polar surface area (TPSA) is 75.4 Å². The second-order valence-corrected chi connectivity index (χ2v) is 4.80. The van der Waals surface area contributed by atoms with Crippen LogP contribution in [0.4, 0.5) is 0 Å². The Morgan fingerprint density at radius 2 is 1.88 bits per heavy atom. The molecule has 0 saturated carbocycles. The van der Waals surface area contributed by atoms with Gasteiger partial charge in [0.1, 0.15) is 0 Å². The van der Waals surface area contributed by atoms with Crippen molar-refractivity contribution in [2.75, 3.05) is 26.2 Å². The van der Waals surface area contributed by atoms with Crippen molar-refractivity contribution >= 4 is 11.8 Å². The van der Waals surface area contributed by atoms with Crippen LogP contribution in [0.3, 0.4) is 0 Å². The van der Waals surface area contributed by atoms with E-state index in [1.54, 1.807) is 0 Å². The summed E-state index contributed by atoms with van der Waals surface area (Å²) in [5, 5.41) is 3.13. The molecule has 94 valence electrons. The number of carbonyl (C=O) groups excluding carboxylic acids is 2. The lowest BCUT2D eigenvalue weighted by Gasteiger charge is -2.32. The second-order valence-electron chi connectivity index (χ2n) is 4.80. The summed E-state index contributed by atoms with van der Waals surface area (Å²) in [6.45, 7) is 4.83. The van der Waals surface area contributed by atoms with Crippen LogP contribution in [0.1, 0.15) is 19.8 Å². The van der Waals surface area contributed by atoms with Crippen LogP contribution in [0.5, 0.6) is 0 Å². The largest absolute Gasteiger partial charge is 0.369 e. The number of primary amides is 1. The monoisotopic (exact) mass is 237 g/mol. The molecular formula is C12H19N3O2. The lowest BCUT2D eigenvalue weighted by Crippen LogP contribution is -2.44. The normalized spacial score (nSPS) is 21.0. The van der Waals surface area contributed by atoms with E-state index in [9.17, 15) is 9.59 Å². The smallest absolute Gasteiger partial charge is 0.249 e. The Hall–Kier alpha value is -1.36. The number of hydrogen-bond acceptors (Lipinski definition) is 3. The highest BCUT2D eigenvalue weighted by atomic mass is 16.2. The zero-order chi connectivity index (χ0) is 12.4. The van der Waals surface area contributed by atoms with Gasteiger partial charge in [0.2, 0.25) is 11.8 Å². The third-order valence-electron chi connectivity index (χ3n) is 3.71. The van der Waals surface area contributed by atoms with Crippen molar-refractivity contribution in [2.45, 2.75) is 19.8 Å². The van der Waals surface area contributed by atoms with Gasteiger partial charge in [-0.3, -0.25) is 9.59 Å². The van der Waals surface area contributed by atoms with Gasteiger partial charge in [-0.05, 0) is 25.3 Å². The Kier molecular flexibility index (Phi) is 3.47. The number of rotatable bonds is 2. The SMILES string of the molecule is CC(C(=O)N1CCC(C(N)=O)CC1)=C1CNC1. The molecule has 5 nitrogen and oxygen atoms in total. The van der Waals surface area contributed by atoms with E-state index in [2.05, 4.69) is 5.32 Å². The van der Waals surface area contributed by atoms with Gasteiger partial charge in [-0.25, -0.2) is 0 Å². The Morgan fingerprint density at radius 1 is 1.29 bits per heavy atom. The summed E-state index contributed by atoms with van der Waals surface area (Å²) < 4.78 is 0. The maximum Gasteiger partial charge on any atom is 0.249 e. The molecule has 0 spiro atoms. The van der Waals surface area contributed by atoms with Gasteiger partial charge in [0, 0.05) is 37.7 Å². The van der Waals surface area contributed by atoms with Crippen LogP contribution in [0.15, 0.2) is 11.1 Å². The van der Waals surface area contributed by atoms with Crippen molar-refractivity contribution in [2.24, 2.45) is 11.7 Å². The van der Waals surface area contributed by atoms with Gasteiger partial charge >= 0.3 is 0 Å². The van der Waals surface area contributed by atoms with Gasteiger partial charge in [-0.1, -0.05) is 0 Å². The molecule has 5 heteroatoms. The summed E-state index contributed by atoms with van der Waals surface area (Å²) in [6.07, 6.45) is 1.39. The third kappa shape index (κ3) is 2.49. The quantitative estimate of drug-likeness (QED) is 0.643. The first-order valence-electron chi connectivity index (χ1n) is 6.07. The Morgan fingerprint density at radius 3 is 2.29 bits per heavy atom. The van der Waals surface area contributed by atoms with Gasteiger partial charge in [0.15, 0.2) is 0 Å². The fourth-order valence-electron chi connectivity index (χ4n) is 2.27. The molecule has 0 aromatic heterocycles. The highest BCUT2D eigenvalue weighted by molar-refractivity contribution is 5.94. The Labute approximate surface area is 101 Å². The van der Waals surface area contributed by atoms with E-state index in [-0.39, 0.29) is 17.7 Å². The number of piperidine rings is 1. The van der Waals surface area contributed by atoms with Crippen LogP contribution < -0.4 is 11.1 Å². The predicted octanol–water partition coefficient (Wildman–Crippen LogP) is -0.370. The fourth-order valence-corrected chi connectivity index (χ4v) is 2.27. The van der Waals surface area contributed by atoms with Crippen molar-refractivity contribution in [1.82, 2.24) is 10.2 Å². The zero-order valence-electron chi connectivity index (χ0n) is 10.2. The van der Waals surface area contributed by atoms with E-state index in [0.29, 0.717) is 25.9 Å². The summed E-state index contributed by atoms with van der Waals surface area (Å²) in [6, 6.07) is 0. The van der Waals surface area contributed by atoms with E-state index >= 15 is 0 Å². The molecule has 17 heavy (non-hydrogen) atoms. The molecule has 2 heterocycles. The number of likely N-dealkylation sites (tertiary alicyclic amines) is 1. The Bertz CT molecular complexity index is 362. The van der Waals surface area contributed by atoms with E-state index < -0.39 is 0 Å². The van der Waals surface area contributed by atoms with Crippen LogP contribution in [-0.4, -0.2) is 42.9 Å². The zero-order valence-corrected chi connectivity index (χ0v) is 10.2. The molecule has 0 unspecified atom stereocenters. The van der Waals surface area contributed by atoms with Crippen LogP contribution in [0.2, 0.25) is 0 Å². The maximum atomic E-state index is 12.1. The predicted molar refractivity (Wildman–Crippen MR) is 64.1 cm³/mol. The minimum atomic E-state index is -0.240. The molecule has 0 atom stereocenters. The van der Waals surface area contributed by atoms with Crippen LogP contribution in [0.25, 0.3) is 0 Å². The number of hydrogen-bond donors (Lipinski definition) is 2. The lowest BCUT2D eigenvalue weighted by molar-refractivity contribution is -0.131. The number of nitrogens with two attached hydrogens (primary N) is 1. The van der Waals surface area contributed by atoms with Crippen LogP contribution in [0, 0.1) is 5.92 Å². The number of carbonyl (C=O) groups is 2. The standard InChI is InChI=1S/C12H19N3O2/c1-8(10-6-14-7-10)12(17)15-4-2-9(3-5-15)11(13)16/h9,14H,2-7H2,1H3,(H2,13,16). The van der Waals surface area contributed by atoms with Crippen LogP contribution in [-0.2, 0) is 9.59 Å². The summed E-state index contributed by atoms with van der Waals surface area (Å²) in [5.41, 5.74) is 7.33.